The van der Waals surface area contributed by atoms with E-state index in [9.17, 15) is 56.2 Å². The Morgan fingerprint density at radius 2 is 1.35 bits per heavy atom. The lowest BCUT2D eigenvalue weighted by molar-refractivity contribution is -0.400. The van der Waals surface area contributed by atoms with E-state index in [1.165, 1.54) is 5.57 Å². The Balaban J connectivity index is 0.980. The van der Waals surface area contributed by atoms with Gasteiger partial charge in [0.2, 0.25) is 0 Å². The van der Waals surface area contributed by atoms with E-state index in [-0.39, 0.29) is 35.6 Å². The van der Waals surface area contributed by atoms with Gasteiger partial charge in [-0.1, -0.05) is 39.3 Å². The molecule has 0 aromatic rings. The summed E-state index contributed by atoms with van der Waals surface area (Å²) in [5, 5.41) is 115. The quantitative estimate of drug-likeness (QED) is 0.102. The molecule has 8 rings (SSSR count). The minimum Gasteiger partial charge on any atom is -0.396 e. The van der Waals surface area contributed by atoms with E-state index in [2.05, 4.69) is 33.8 Å². The van der Waals surface area contributed by atoms with Crippen molar-refractivity contribution in [1.82, 2.24) is 0 Å². The van der Waals surface area contributed by atoms with Crippen molar-refractivity contribution in [1.29, 1.82) is 0 Å². The highest BCUT2D eigenvalue weighted by Crippen LogP contribution is 2.69. The molecule has 4 aliphatic heterocycles. The van der Waals surface area contributed by atoms with Gasteiger partial charge in [-0.05, 0) is 104 Å². The van der Waals surface area contributed by atoms with Gasteiger partial charge >= 0.3 is 0 Å². The maximum atomic E-state index is 11.9. The monoisotopic (exact) mass is 888 g/mol. The van der Waals surface area contributed by atoms with Gasteiger partial charge in [-0.25, -0.2) is 0 Å². The van der Waals surface area contributed by atoms with E-state index in [0.717, 1.165) is 44.9 Å². The number of rotatable bonds is 12. The molecule has 4 aliphatic carbocycles. The highest BCUT2D eigenvalue weighted by Gasteiger charge is 2.65. The second-order valence-electron chi connectivity index (χ2n) is 20.5. The molecule has 62 heavy (non-hydrogen) atoms. The Morgan fingerprint density at radius 1 is 0.694 bits per heavy atom. The standard InChI is InChI=1S/C44H72O18/c1-18(15-45)5-8-25-19(2)29-26(57-25)14-24-22-7-6-20-13-21(9-11-43(20,3)23(22)10-12-44(24,29)4)56-42-38(61-41-35(53)32(50)33(51)39(55)62-41)36(54)37(28(17-47)59-42)60-40-34(52)31(49)30(48)27(16-46)58-40/h6,18-19,21-42,45-55H,5,7-17H2,1-4H3/t18-,19-,21?,22-,23+,24+,25-,26?,27?,28?,29-,30-,31?,32?,33-,34?,35?,36?,37-,38?,39?,40+,41-,42-,43+,44+/m1/s1. The first-order chi connectivity index (χ1) is 29.4. The Bertz CT molecular complexity index is 1550. The van der Waals surface area contributed by atoms with Crippen LogP contribution in [0.2, 0.25) is 0 Å². The predicted octanol–water partition coefficient (Wildman–Crippen LogP) is -1.22. The van der Waals surface area contributed by atoms with Crippen molar-refractivity contribution >= 4 is 0 Å². The molecule has 4 heterocycles. The number of allylic oxidation sites excluding steroid dienone is 1. The molecule has 0 aromatic carbocycles. The van der Waals surface area contributed by atoms with Crippen molar-refractivity contribution in [2.45, 2.75) is 196 Å². The highest BCUT2D eigenvalue weighted by molar-refractivity contribution is 5.26. The van der Waals surface area contributed by atoms with Crippen molar-refractivity contribution in [3.8, 4) is 0 Å². The third kappa shape index (κ3) is 8.27. The van der Waals surface area contributed by atoms with Gasteiger partial charge in [0.1, 0.15) is 67.1 Å². The van der Waals surface area contributed by atoms with Crippen molar-refractivity contribution in [2.24, 2.45) is 46.3 Å². The maximum absolute atomic E-state index is 11.9. The molecule has 18 nitrogen and oxygen atoms in total. The predicted molar refractivity (Wildman–Crippen MR) is 213 cm³/mol. The third-order valence-corrected chi connectivity index (χ3v) is 17.0. The van der Waals surface area contributed by atoms with E-state index in [1.807, 2.05) is 0 Å². The smallest absolute Gasteiger partial charge is 0.189 e. The van der Waals surface area contributed by atoms with Crippen LogP contribution in [-0.4, -0.2) is 187 Å². The number of aliphatic hydroxyl groups excluding tert-OH is 11. The summed E-state index contributed by atoms with van der Waals surface area (Å²) in [4.78, 5) is 0. The molecule has 0 aromatic heterocycles. The van der Waals surface area contributed by atoms with Crippen LogP contribution >= 0.6 is 0 Å². The summed E-state index contributed by atoms with van der Waals surface area (Å²) in [7, 11) is 0. The zero-order chi connectivity index (χ0) is 44.6. The third-order valence-electron chi connectivity index (χ3n) is 17.0. The molecular weight excluding hydrogens is 816 g/mol. The second-order valence-corrected chi connectivity index (χ2v) is 20.5. The summed E-state index contributed by atoms with van der Waals surface area (Å²) in [6.07, 6.45) is -14.9. The van der Waals surface area contributed by atoms with Crippen molar-refractivity contribution < 1.29 is 89.3 Å². The molecule has 0 amide bonds. The molecule has 3 saturated carbocycles. The Labute approximate surface area is 362 Å². The molecule has 11 unspecified atom stereocenters. The lowest BCUT2D eigenvalue weighted by atomic mass is 9.47. The topological polar surface area (TPSA) is 287 Å². The average molecular weight is 889 g/mol. The van der Waals surface area contributed by atoms with Crippen LogP contribution in [0.3, 0.4) is 0 Å². The van der Waals surface area contributed by atoms with Crippen LogP contribution in [-0.2, 0) is 33.2 Å². The molecule has 8 aliphatic rings. The molecule has 4 saturated heterocycles. The van der Waals surface area contributed by atoms with E-state index < -0.39 is 112 Å². The number of fused-ring (bicyclic) bond motifs is 7. The van der Waals surface area contributed by atoms with Crippen LogP contribution < -0.4 is 0 Å². The first-order valence-electron chi connectivity index (χ1n) is 23.0. The number of ether oxygens (including phenoxy) is 7. The average Bonchev–Trinajstić information content (AvgIpc) is 3.74. The fraction of sp³-hybridized carbons (Fsp3) is 0.955. The first-order valence-corrected chi connectivity index (χ1v) is 23.0. The molecule has 18 heteroatoms. The summed E-state index contributed by atoms with van der Waals surface area (Å²) in [6, 6.07) is 0. The van der Waals surface area contributed by atoms with E-state index in [4.69, 9.17) is 33.2 Å². The number of hydrogen-bond donors (Lipinski definition) is 11. The SMILES string of the molecule is C[C@@H](CO)CC[C@H]1OC2C[C@H]3[C@@H]4CC=C5CC(O[C@@H]6OC(CO)[C@@H](O[C@@H]7OC(CO)[C@@H](O)C(O)C7O)C(O)C6O[C@@H]6OC(O)[C@H](O)C(O)C6O)CC[C@]5(C)[C@H]4CC[C@]3(C)[C@@H]2[C@@H]1C. The Kier molecular flexibility index (Phi) is 14.3. The molecule has 7 fully saturated rings. The van der Waals surface area contributed by atoms with Crippen molar-refractivity contribution in [3.63, 3.8) is 0 Å². The van der Waals surface area contributed by atoms with E-state index >= 15 is 0 Å². The van der Waals surface area contributed by atoms with Crippen LogP contribution in [0.5, 0.6) is 0 Å². The zero-order valence-electron chi connectivity index (χ0n) is 36.2. The fourth-order valence-electron chi connectivity index (χ4n) is 13.4. The Morgan fingerprint density at radius 3 is 2.05 bits per heavy atom. The maximum Gasteiger partial charge on any atom is 0.189 e. The van der Waals surface area contributed by atoms with Gasteiger partial charge in [-0.15, -0.1) is 0 Å². The fourth-order valence-corrected chi connectivity index (χ4v) is 13.4. The summed E-state index contributed by atoms with van der Waals surface area (Å²) < 4.78 is 42.4. The lowest BCUT2D eigenvalue weighted by Crippen LogP contribution is -2.67. The molecule has 11 N–H and O–H groups in total. The van der Waals surface area contributed by atoms with E-state index in [1.54, 1.807) is 0 Å². The Hall–Kier alpha value is -0.980. The van der Waals surface area contributed by atoms with Gasteiger partial charge in [0, 0.05) is 6.61 Å². The summed E-state index contributed by atoms with van der Waals surface area (Å²) in [5.74, 6) is 2.83. The molecular formula is C44H72O18. The van der Waals surface area contributed by atoms with Crippen LogP contribution in [0.25, 0.3) is 0 Å². The lowest BCUT2D eigenvalue weighted by Gasteiger charge is -2.58. The molecule has 0 spiro atoms. The number of aliphatic hydroxyl groups is 11. The van der Waals surface area contributed by atoms with Gasteiger partial charge in [-0.2, -0.15) is 0 Å². The zero-order valence-corrected chi connectivity index (χ0v) is 36.2. The second kappa shape index (κ2) is 18.6. The molecule has 26 atom stereocenters. The summed E-state index contributed by atoms with van der Waals surface area (Å²) in [6.45, 7) is 8.09. The molecule has 0 radical (unpaired) electrons. The van der Waals surface area contributed by atoms with Gasteiger partial charge in [0.05, 0.1) is 31.5 Å². The van der Waals surface area contributed by atoms with Gasteiger partial charge in [0.25, 0.3) is 0 Å². The van der Waals surface area contributed by atoms with Gasteiger partial charge in [0.15, 0.2) is 25.2 Å². The van der Waals surface area contributed by atoms with Crippen LogP contribution in [0, 0.1) is 46.3 Å². The van der Waals surface area contributed by atoms with Crippen LogP contribution in [0.15, 0.2) is 11.6 Å². The highest BCUT2D eigenvalue weighted by atomic mass is 16.8. The summed E-state index contributed by atoms with van der Waals surface area (Å²) in [5.41, 5.74) is 1.43. The molecule has 356 valence electrons. The van der Waals surface area contributed by atoms with E-state index in [0.29, 0.717) is 42.4 Å². The van der Waals surface area contributed by atoms with Crippen LogP contribution in [0.1, 0.15) is 85.5 Å². The van der Waals surface area contributed by atoms with Crippen molar-refractivity contribution in [2.75, 3.05) is 19.8 Å². The molecule has 0 bridgehead atoms. The van der Waals surface area contributed by atoms with Crippen molar-refractivity contribution in [3.05, 3.63) is 11.6 Å². The van der Waals surface area contributed by atoms with Gasteiger partial charge < -0.3 is 89.3 Å². The summed E-state index contributed by atoms with van der Waals surface area (Å²) >= 11 is 0. The minimum atomic E-state index is -1.97. The van der Waals surface area contributed by atoms with Crippen LogP contribution in [0.4, 0.5) is 0 Å². The number of hydrogen-bond acceptors (Lipinski definition) is 18. The largest absolute Gasteiger partial charge is 0.396 e. The normalized spacial score (nSPS) is 54.5. The van der Waals surface area contributed by atoms with Gasteiger partial charge in [-0.3, -0.25) is 0 Å². The minimum absolute atomic E-state index is 0.0643. The first kappa shape index (κ1) is 47.5.